The van der Waals surface area contributed by atoms with Crippen LogP contribution in [-0.4, -0.2) is 15.6 Å². The Hall–Kier alpha value is -0.450. The minimum absolute atomic E-state index is 0.0427. The smallest absolute Gasteiger partial charge is 0.119 e. The van der Waals surface area contributed by atoms with Gasteiger partial charge in [0.25, 0.3) is 0 Å². The van der Waals surface area contributed by atoms with E-state index in [2.05, 4.69) is 31.1 Å². The summed E-state index contributed by atoms with van der Waals surface area (Å²) in [6.45, 7) is 9.26. The molecule has 0 aliphatic carbocycles. The highest BCUT2D eigenvalue weighted by Gasteiger charge is 2.12. The van der Waals surface area contributed by atoms with Crippen molar-refractivity contribution in [1.29, 1.82) is 0 Å². The van der Waals surface area contributed by atoms with Gasteiger partial charge in [-0.25, -0.2) is 4.98 Å². The molecule has 0 bridgehead atoms. The first-order valence-corrected chi connectivity index (χ1v) is 5.55. The van der Waals surface area contributed by atoms with Crippen molar-refractivity contribution in [2.45, 2.75) is 46.4 Å². The summed E-state index contributed by atoms with van der Waals surface area (Å²) in [6, 6.07) is 0. The van der Waals surface area contributed by atoms with Crippen LogP contribution in [0.25, 0.3) is 0 Å². The molecular formula is C10H18N2OS. The summed E-state index contributed by atoms with van der Waals surface area (Å²) < 4.78 is 0. The molecule has 0 atom stereocenters. The van der Waals surface area contributed by atoms with Crippen molar-refractivity contribution < 1.29 is 5.11 Å². The van der Waals surface area contributed by atoms with E-state index in [-0.39, 0.29) is 12.1 Å². The average Bonchev–Trinajstić information content (AvgIpc) is 2.42. The summed E-state index contributed by atoms with van der Waals surface area (Å²) in [4.78, 5) is 5.47. The molecule has 14 heavy (non-hydrogen) atoms. The predicted octanol–water partition coefficient (Wildman–Crippen LogP) is 1.83. The van der Waals surface area contributed by atoms with Crippen LogP contribution in [-0.2, 0) is 13.2 Å². The third-order valence-electron chi connectivity index (χ3n) is 1.85. The van der Waals surface area contributed by atoms with Crippen molar-refractivity contribution in [1.82, 2.24) is 10.3 Å². The van der Waals surface area contributed by atoms with Crippen molar-refractivity contribution in [3.63, 3.8) is 0 Å². The molecule has 4 heteroatoms. The summed E-state index contributed by atoms with van der Waals surface area (Å²) in [5, 5.41) is 13.1. The summed E-state index contributed by atoms with van der Waals surface area (Å²) in [6.07, 6.45) is 0. The van der Waals surface area contributed by atoms with Crippen molar-refractivity contribution in [3.05, 3.63) is 15.6 Å². The van der Waals surface area contributed by atoms with Crippen molar-refractivity contribution in [2.24, 2.45) is 0 Å². The number of nitrogens with one attached hydrogen (secondary N) is 1. The van der Waals surface area contributed by atoms with Crippen LogP contribution in [0.5, 0.6) is 0 Å². The third kappa shape index (κ3) is 3.36. The predicted molar refractivity (Wildman–Crippen MR) is 59.4 cm³/mol. The molecule has 0 spiro atoms. The van der Waals surface area contributed by atoms with E-state index in [0.717, 1.165) is 17.2 Å². The fourth-order valence-corrected chi connectivity index (χ4v) is 1.93. The van der Waals surface area contributed by atoms with Gasteiger partial charge in [-0.2, -0.15) is 0 Å². The maximum Gasteiger partial charge on any atom is 0.119 e. The lowest BCUT2D eigenvalue weighted by Crippen LogP contribution is -2.34. The van der Waals surface area contributed by atoms with Crippen molar-refractivity contribution in [2.75, 3.05) is 0 Å². The van der Waals surface area contributed by atoms with Gasteiger partial charge in [-0.05, 0) is 27.7 Å². The Balaban J connectivity index is 2.63. The number of aliphatic hydroxyl groups excluding tert-OH is 1. The van der Waals surface area contributed by atoms with Gasteiger partial charge in [-0.3, -0.25) is 0 Å². The molecule has 1 aromatic rings. The second-order valence-electron chi connectivity index (χ2n) is 4.38. The number of thiazole rings is 1. The van der Waals surface area contributed by atoms with Gasteiger partial charge in [0.2, 0.25) is 0 Å². The van der Waals surface area contributed by atoms with E-state index in [1.165, 1.54) is 4.88 Å². The SMILES string of the molecule is Cc1nc(CO)sc1CNC(C)(C)C. The Morgan fingerprint density at radius 2 is 2.07 bits per heavy atom. The van der Waals surface area contributed by atoms with E-state index < -0.39 is 0 Å². The fourth-order valence-electron chi connectivity index (χ4n) is 1.07. The van der Waals surface area contributed by atoms with E-state index in [0.29, 0.717) is 0 Å². The molecule has 2 N–H and O–H groups in total. The van der Waals surface area contributed by atoms with Gasteiger partial charge in [0.05, 0.1) is 12.3 Å². The molecule has 3 nitrogen and oxygen atoms in total. The molecule has 80 valence electrons. The number of nitrogens with zero attached hydrogens (tertiary/aromatic N) is 1. The van der Waals surface area contributed by atoms with Crippen LogP contribution >= 0.6 is 11.3 Å². The summed E-state index contributed by atoms with van der Waals surface area (Å²) in [5.74, 6) is 0. The van der Waals surface area contributed by atoms with Crippen LogP contribution in [0.3, 0.4) is 0 Å². The first kappa shape index (κ1) is 11.6. The molecule has 0 fully saturated rings. The minimum Gasteiger partial charge on any atom is -0.389 e. The van der Waals surface area contributed by atoms with E-state index in [9.17, 15) is 0 Å². The molecule has 1 rings (SSSR count). The Kier molecular flexibility index (Phi) is 3.64. The number of rotatable bonds is 3. The highest BCUT2D eigenvalue weighted by atomic mass is 32.1. The zero-order chi connectivity index (χ0) is 10.8. The Morgan fingerprint density at radius 1 is 1.43 bits per heavy atom. The van der Waals surface area contributed by atoms with E-state index in [1.54, 1.807) is 11.3 Å². The van der Waals surface area contributed by atoms with E-state index in [4.69, 9.17) is 5.11 Å². The lowest BCUT2D eigenvalue weighted by molar-refractivity contribution is 0.281. The molecule has 1 aromatic heterocycles. The Bertz CT molecular complexity index is 302. The van der Waals surface area contributed by atoms with E-state index >= 15 is 0 Å². The molecule has 0 unspecified atom stereocenters. The average molecular weight is 214 g/mol. The Morgan fingerprint density at radius 3 is 2.50 bits per heavy atom. The quantitative estimate of drug-likeness (QED) is 0.807. The topological polar surface area (TPSA) is 45.2 Å². The summed E-state index contributed by atoms with van der Waals surface area (Å²) in [5.41, 5.74) is 1.14. The standard InChI is InChI=1S/C10H18N2OS/c1-7-8(5-11-10(2,3)4)14-9(6-13)12-7/h11,13H,5-6H2,1-4H3. The highest BCUT2D eigenvalue weighted by molar-refractivity contribution is 7.11. The monoisotopic (exact) mass is 214 g/mol. The fraction of sp³-hybridized carbons (Fsp3) is 0.700. The van der Waals surface area contributed by atoms with Gasteiger partial charge in [0, 0.05) is 17.0 Å². The number of hydrogen-bond acceptors (Lipinski definition) is 4. The zero-order valence-electron chi connectivity index (χ0n) is 9.22. The van der Waals surface area contributed by atoms with Crippen LogP contribution in [0.2, 0.25) is 0 Å². The molecule has 0 aliphatic heterocycles. The largest absolute Gasteiger partial charge is 0.389 e. The van der Waals surface area contributed by atoms with Crippen LogP contribution < -0.4 is 5.32 Å². The molecule has 1 heterocycles. The number of hydrogen-bond donors (Lipinski definition) is 2. The van der Waals surface area contributed by atoms with Crippen LogP contribution in [0.15, 0.2) is 0 Å². The molecular weight excluding hydrogens is 196 g/mol. The maximum absolute atomic E-state index is 8.93. The van der Waals surface area contributed by atoms with E-state index in [1.807, 2.05) is 6.92 Å². The lowest BCUT2D eigenvalue weighted by atomic mass is 10.1. The number of aliphatic hydroxyl groups is 1. The zero-order valence-corrected chi connectivity index (χ0v) is 10.0. The van der Waals surface area contributed by atoms with Crippen LogP contribution in [0.4, 0.5) is 0 Å². The molecule has 0 amide bonds. The second-order valence-corrected chi connectivity index (χ2v) is 5.55. The van der Waals surface area contributed by atoms with Gasteiger partial charge in [0.1, 0.15) is 5.01 Å². The molecule has 0 aromatic carbocycles. The summed E-state index contributed by atoms with van der Waals surface area (Å²) in [7, 11) is 0. The van der Waals surface area contributed by atoms with Crippen LogP contribution in [0.1, 0.15) is 36.3 Å². The Labute approximate surface area is 89.2 Å². The minimum atomic E-state index is 0.0427. The lowest BCUT2D eigenvalue weighted by Gasteiger charge is -2.19. The van der Waals surface area contributed by atoms with Gasteiger partial charge >= 0.3 is 0 Å². The van der Waals surface area contributed by atoms with Gasteiger partial charge in [0.15, 0.2) is 0 Å². The van der Waals surface area contributed by atoms with Gasteiger partial charge in [-0.1, -0.05) is 0 Å². The second kappa shape index (κ2) is 4.38. The molecule has 0 saturated heterocycles. The van der Waals surface area contributed by atoms with Crippen LogP contribution in [0, 0.1) is 6.92 Å². The maximum atomic E-state index is 8.93. The molecule has 0 radical (unpaired) electrons. The number of aromatic nitrogens is 1. The highest BCUT2D eigenvalue weighted by Crippen LogP contribution is 2.18. The van der Waals surface area contributed by atoms with Gasteiger partial charge in [-0.15, -0.1) is 11.3 Å². The third-order valence-corrected chi connectivity index (χ3v) is 2.99. The molecule has 0 saturated carbocycles. The number of aryl methyl sites for hydroxylation is 1. The van der Waals surface area contributed by atoms with Crippen molar-refractivity contribution in [3.8, 4) is 0 Å². The first-order valence-electron chi connectivity index (χ1n) is 4.73. The first-order chi connectivity index (χ1) is 6.42. The molecule has 0 aliphatic rings. The van der Waals surface area contributed by atoms with Gasteiger partial charge < -0.3 is 10.4 Å². The normalized spacial score (nSPS) is 12.1. The van der Waals surface area contributed by atoms with Crippen molar-refractivity contribution >= 4 is 11.3 Å². The summed E-state index contributed by atoms with van der Waals surface area (Å²) >= 11 is 1.58.